The first-order valence-electron chi connectivity index (χ1n) is 41.4. The van der Waals surface area contributed by atoms with E-state index in [2.05, 4.69) is 141 Å². The lowest BCUT2D eigenvalue weighted by atomic mass is 9.94. The van der Waals surface area contributed by atoms with Crippen molar-refractivity contribution in [1.82, 2.24) is 0 Å². The Kier molecular flexibility index (Phi) is 30.1. The van der Waals surface area contributed by atoms with Crippen LogP contribution in [-0.2, 0) is 36.8 Å². The fourth-order valence-electron chi connectivity index (χ4n) is 15.2. The minimum atomic E-state index is -0.992. The van der Waals surface area contributed by atoms with Crippen molar-refractivity contribution in [1.29, 1.82) is 0 Å². The van der Waals surface area contributed by atoms with Crippen LogP contribution in [0.3, 0.4) is 0 Å². The molecule has 6 N–H and O–H groups in total. The zero-order valence-corrected chi connectivity index (χ0v) is 71.4. The molecule has 16 aromatic carbocycles. The third kappa shape index (κ3) is 23.3. The van der Waals surface area contributed by atoms with Gasteiger partial charge in [0.25, 0.3) is 0 Å². The molecule has 15 heteroatoms. The lowest BCUT2D eigenvalue weighted by molar-refractivity contribution is -0.136. The van der Waals surface area contributed by atoms with Gasteiger partial charge >= 0.3 is 35.8 Å². The molecule has 2 heterocycles. The van der Waals surface area contributed by atoms with Crippen LogP contribution in [0.5, 0.6) is 5.75 Å². The highest BCUT2D eigenvalue weighted by molar-refractivity contribution is 7.16. The fourth-order valence-corrected chi connectivity index (χ4v) is 16.2. The molecule has 128 heavy (non-hydrogen) atoms. The molecule has 18 aromatic rings. The summed E-state index contributed by atoms with van der Waals surface area (Å²) in [6.45, 7) is 5.90. The van der Waals surface area contributed by atoms with Crippen LogP contribution in [-0.4, -0.2) is 73.6 Å². The number of carboxylic acid groups (broad SMARTS) is 6. The third-order valence-electron chi connectivity index (χ3n) is 21.2. The van der Waals surface area contributed by atoms with Crippen LogP contribution in [0, 0.1) is 6.92 Å². The fraction of sp³-hybridized carbons (Fsp3) is 0.0619. The molecule has 0 aliphatic rings. The maximum Gasteiger partial charge on any atom is 0.335 e. The average molecular weight is 1700 g/mol. The highest BCUT2D eigenvalue weighted by atomic mass is 32.1. The van der Waals surface area contributed by atoms with Crippen molar-refractivity contribution in [3.8, 4) is 72.0 Å². The molecule has 0 bridgehead atoms. The summed E-state index contributed by atoms with van der Waals surface area (Å²) in [6.07, 6.45) is 11.9. The number of carbonyl (C=O) groups is 6. The lowest BCUT2D eigenvalue weighted by Crippen LogP contribution is -1.99. The molecule has 0 aliphatic carbocycles. The van der Waals surface area contributed by atoms with Crippen molar-refractivity contribution in [2.75, 3.05) is 7.11 Å². The van der Waals surface area contributed by atoms with Gasteiger partial charge in [0, 0.05) is 44.7 Å². The Morgan fingerprint density at radius 3 is 1.46 bits per heavy atom. The third-order valence-corrected chi connectivity index (χ3v) is 22.3. The highest BCUT2D eigenvalue weighted by Gasteiger charge is 2.17. The molecular formula is C113H90O14S. The molecule has 0 spiro atoms. The first kappa shape index (κ1) is 89.4. The van der Waals surface area contributed by atoms with Gasteiger partial charge in [-0.2, -0.15) is 0 Å². The van der Waals surface area contributed by atoms with Gasteiger partial charge < -0.3 is 39.8 Å². The number of aromatic carboxylic acids is 1. The molecule has 2 aromatic heterocycles. The molecule has 0 unspecified atom stereocenters. The molecule has 0 amide bonds. The van der Waals surface area contributed by atoms with E-state index in [0.717, 1.165) is 146 Å². The number of ether oxygens (including phenoxy) is 1. The molecule has 0 radical (unpaired) electrons. The molecule has 18 rings (SSSR count). The number of fused-ring (bicyclic) bond motifs is 6. The topological polar surface area (TPSA) is 246 Å². The van der Waals surface area contributed by atoms with Gasteiger partial charge in [0.2, 0.25) is 0 Å². The molecule has 0 fully saturated rings. The highest BCUT2D eigenvalue weighted by Crippen LogP contribution is 2.43. The lowest BCUT2D eigenvalue weighted by Gasteiger charge is -2.13. The Morgan fingerprint density at radius 1 is 0.383 bits per heavy atom. The maximum atomic E-state index is 11.1. The second-order valence-electron chi connectivity index (χ2n) is 30.0. The van der Waals surface area contributed by atoms with Gasteiger partial charge in [0.1, 0.15) is 17.3 Å². The van der Waals surface area contributed by atoms with Crippen LogP contribution in [0.4, 0.5) is 0 Å². The van der Waals surface area contributed by atoms with Gasteiger partial charge in [0.05, 0.1) is 19.1 Å². The largest absolute Gasteiger partial charge is 0.496 e. The van der Waals surface area contributed by atoms with Gasteiger partial charge in [-0.05, 0) is 242 Å². The van der Waals surface area contributed by atoms with Gasteiger partial charge in [-0.3, -0.25) is 4.79 Å². The molecule has 0 saturated carbocycles. The second-order valence-corrected chi connectivity index (χ2v) is 31.1. The number of rotatable bonds is 20. The van der Waals surface area contributed by atoms with Crippen molar-refractivity contribution < 1.29 is 68.6 Å². The van der Waals surface area contributed by atoms with Crippen LogP contribution in [0.15, 0.2) is 386 Å². The minimum absolute atomic E-state index is 0.0542. The standard InChI is InChI=1S/C22H22O3S.C20H16O2.C19H14O2.C18H14O2.C17H12O3.C17H12O2/c1-4-6-15-7-5-8-18-17(15)10-11-19(25-3)21(18)20-12-9-16(26-20)13-14(2)22(23)24;1-14-9-11-18(19-8-3-2-7-17(14)19)16-6-4-5-15(13-16)10-12-20(21)22;20-19(21)11-8-14-4-3-7-16(12-14)18-10-9-15-5-1-2-6-17(15)13-18;19-18(20)12-13-5-3-8-15(11-13)17-10-4-7-14-6-1-2-9-16(14)17;18-17(19)11-9-13-8-10-16(20-13)15-7-3-5-12-4-1-2-6-14(12)15;18-17(19)14-8-3-7-13(11-14)16-10-4-6-12-5-1-2-9-15(12)16/h5,7-13H,4,6H2,1-3H3,(H,23,24);2-13H,1H3,(H,21,22);1-13H,(H,20,21);1-11H,12H2,(H,19,20);1-11H,(H,18,19);1-11H,(H,18,19)/b14-13+;12-10+;11-8+;;11-9+;. The Hall–Kier alpha value is -16.4. The summed E-state index contributed by atoms with van der Waals surface area (Å²) < 4.78 is 11.3. The summed E-state index contributed by atoms with van der Waals surface area (Å²) in [6, 6.07) is 119. The van der Waals surface area contributed by atoms with Crippen molar-refractivity contribution in [2.45, 2.75) is 40.0 Å². The quantitative estimate of drug-likeness (QED) is 0.0389. The molecule has 0 saturated heterocycles. The second kappa shape index (κ2) is 43.1. The van der Waals surface area contributed by atoms with Crippen LogP contribution in [0.25, 0.3) is 155 Å². The van der Waals surface area contributed by atoms with Crippen molar-refractivity contribution in [3.63, 3.8) is 0 Å². The zero-order chi connectivity index (χ0) is 90.0. The summed E-state index contributed by atoms with van der Waals surface area (Å²) in [5.41, 5.74) is 16.5. The van der Waals surface area contributed by atoms with Crippen molar-refractivity contribution in [3.05, 3.63) is 426 Å². The van der Waals surface area contributed by atoms with Gasteiger partial charge in [-0.25, -0.2) is 24.0 Å². The van der Waals surface area contributed by atoms with Crippen LogP contribution in [0.2, 0.25) is 0 Å². The molecule has 632 valence electrons. The molecular weight excluding hydrogens is 1610 g/mol. The van der Waals surface area contributed by atoms with E-state index in [-0.39, 0.29) is 6.42 Å². The average Bonchev–Trinajstić information content (AvgIpc) is 1.14. The van der Waals surface area contributed by atoms with E-state index in [1.807, 2.05) is 206 Å². The van der Waals surface area contributed by atoms with E-state index in [0.29, 0.717) is 16.9 Å². The number of methoxy groups -OCH3 is 1. The normalized spacial score (nSPS) is 11.1. The van der Waals surface area contributed by atoms with Crippen LogP contribution < -0.4 is 4.74 Å². The summed E-state index contributed by atoms with van der Waals surface area (Å²) >= 11 is 1.58. The Labute approximate surface area is 744 Å². The van der Waals surface area contributed by atoms with E-state index in [9.17, 15) is 28.8 Å². The Balaban J connectivity index is 0.000000132. The zero-order valence-electron chi connectivity index (χ0n) is 70.6. The van der Waals surface area contributed by atoms with E-state index in [4.69, 9.17) is 39.8 Å². The molecule has 0 atom stereocenters. The Bertz CT molecular complexity index is 7220. The van der Waals surface area contributed by atoms with E-state index < -0.39 is 35.8 Å². The number of carboxylic acids is 6. The first-order chi connectivity index (χ1) is 62.1. The monoisotopic (exact) mass is 1700 g/mol. The molecule has 14 nitrogen and oxygen atoms in total. The first-order valence-corrected chi connectivity index (χ1v) is 42.2. The minimum Gasteiger partial charge on any atom is -0.496 e. The molecule has 0 aliphatic heterocycles. The van der Waals surface area contributed by atoms with E-state index in [1.165, 1.54) is 60.3 Å². The van der Waals surface area contributed by atoms with Crippen LogP contribution >= 0.6 is 11.3 Å². The summed E-state index contributed by atoms with van der Waals surface area (Å²) in [5, 5.41) is 67.3. The summed E-state index contributed by atoms with van der Waals surface area (Å²) in [4.78, 5) is 66.7. The number of hydrogen-bond donors (Lipinski definition) is 6. The number of aliphatic carboxylic acids is 5. The van der Waals surface area contributed by atoms with Gasteiger partial charge in [-0.1, -0.05) is 311 Å². The SMILES string of the molecule is CCCc1cccc2c(-c3ccc(/C=C(\C)C(=O)O)s3)c(OC)ccc12.Cc1ccc(-c2cccc(/C=C/C(=O)O)c2)c2ccccc12.O=C(O)/C=C/c1ccc(-c2cccc3ccccc23)o1.O=C(O)/C=C/c1cccc(-c2ccc3ccccc3c2)c1.O=C(O)Cc1cccc(-c2cccc3ccccc23)c1.O=C(O)c1cccc(-c2cccc3ccccc23)c1. The predicted molar refractivity (Wildman–Crippen MR) is 521 cm³/mol. The van der Waals surface area contributed by atoms with Gasteiger partial charge in [0.15, 0.2) is 0 Å². The van der Waals surface area contributed by atoms with E-state index >= 15 is 0 Å². The number of benzene rings is 16. The number of aryl methyl sites for hydroxylation is 2. The summed E-state index contributed by atoms with van der Waals surface area (Å²) in [7, 11) is 1.68. The van der Waals surface area contributed by atoms with Crippen molar-refractivity contribution >= 4 is 136 Å². The Morgan fingerprint density at radius 2 is 0.867 bits per heavy atom. The maximum absolute atomic E-state index is 11.1. The summed E-state index contributed by atoms with van der Waals surface area (Å²) in [5.74, 6) is -3.39. The number of hydrogen-bond acceptors (Lipinski definition) is 9. The number of furan rings is 1. The van der Waals surface area contributed by atoms with E-state index in [1.54, 1.807) is 67.9 Å². The smallest absolute Gasteiger partial charge is 0.335 e. The predicted octanol–water partition coefficient (Wildman–Crippen LogP) is 28.1. The van der Waals surface area contributed by atoms with Crippen molar-refractivity contribution in [2.24, 2.45) is 0 Å². The van der Waals surface area contributed by atoms with Crippen LogP contribution in [0.1, 0.15) is 69.1 Å². The number of thiophene rings is 1. The van der Waals surface area contributed by atoms with Gasteiger partial charge in [-0.15, -0.1) is 11.3 Å².